The number of amides is 1. The van der Waals surface area contributed by atoms with Gasteiger partial charge >= 0.3 is 5.69 Å². The number of aromatic nitrogens is 2. The SMILES string of the molecule is CC1(C)CCC(CN2CCN(c3ccc(C(=O)NS(=O)(=O)c4ccc(OC5CCN(C6CCOCC6)CC5)c([N+](=O)[O-])c4)c(N4CCCOc5nc6[nH]ccc6cc54)c3)CC2)=C(c2ccc(Cl)cc2)C1. The number of rotatable bonds is 12. The smallest absolute Gasteiger partial charge is 0.312 e. The number of piperazine rings is 1. The number of fused-ring (bicyclic) bond motifs is 2. The molecule has 5 aliphatic rings. The summed E-state index contributed by atoms with van der Waals surface area (Å²) in [6, 6.07) is 21.5. The number of piperidine rings is 1. The molecule has 1 aliphatic carbocycles. The number of halogens is 1. The highest BCUT2D eigenvalue weighted by molar-refractivity contribution is 7.90. The number of hydrogen-bond donors (Lipinski definition) is 2. The maximum atomic E-state index is 14.5. The van der Waals surface area contributed by atoms with Gasteiger partial charge in [-0.2, -0.15) is 4.98 Å². The number of nitro groups is 1. The highest BCUT2D eigenvalue weighted by atomic mass is 35.5. The molecule has 370 valence electrons. The minimum Gasteiger partial charge on any atom is -0.483 e. The van der Waals surface area contributed by atoms with Gasteiger partial charge in [0.1, 0.15) is 17.4 Å². The highest BCUT2D eigenvalue weighted by Crippen LogP contribution is 2.44. The number of carbonyl (C=O) groups is 1. The molecule has 0 atom stereocenters. The average molecular weight is 994 g/mol. The minimum atomic E-state index is -4.61. The Kier molecular flexibility index (Phi) is 13.8. The van der Waals surface area contributed by atoms with E-state index in [0.29, 0.717) is 61.4 Å². The molecule has 18 heteroatoms. The van der Waals surface area contributed by atoms with Crippen molar-refractivity contribution in [3.05, 3.63) is 111 Å². The zero-order valence-electron chi connectivity index (χ0n) is 39.8. The minimum absolute atomic E-state index is 0.0107. The molecule has 3 fully saturated rings. The monoisotopic (exact) mass is 992 g/mol. The van der Waals surface area contributed by atoms with E-state index >= 15 is 0 Å². The molecule has 70 heavy (non-hydrogen) atoms. The van der Waals surface area contributed by atoms with Crippen molar-refractivity contribution in [2.45, 2.75) is 82.3 Å². The van der Waals surface area contributed by atoms with Crippen molar-refractivity contribution in [1.29, 1.82) is 0 Å². The zero-order valence-corrected chi connectivity index (χ0v) is 41.4. The molecule has 0 spiro atoms. The van der Waals surface area contributed by atoms with E-state index in [4.69, 9.17) is 30.8 Å². The second-order valence-corrected chi connectivity index (χ2v) is 22.1. The molecule has 16 nitrogen and oxygen atoms in total. The number of nitrogens with one attached hydrogen (secondary N) is 2. The number of carbonyl (C=O) groups excluding carboxylic acids is 1. The lowest BCUT2D eigenvalue weighted by Crippen LogP contribution is -2.47. The summed E-state index contributed by atoms with van der Waals surface area (Å²) in [5, 5.41) is 14.0. The highest BCUT2D eigenvalue weighted by Gasteiger charge is 2.34. The summed E-state index contributed by atoms with van der Waals surface area (Å²) >= 11 is 6.28. The van der Waals surface area contributed by atoms with Gasteiger partial charge in [-0.25, -0.2) is 13.1 Å². The van der Waals surface area contributed by atoms with Crippen LogP contribution in [0.15, 0.2) is 89.5 Å². The van der Waals surface area contributed by atoms with Crippen LogP contribution in [0.3, 0.4) is 0 Å². The van der Waals surface area contributed by atoms with Gasteiger partial charge in [0.25, 0.3) is 15.9 Å². The number of likely N-dealkylation sites (tertiary alicyclic amines) is 1. The van der Waals surface area contributed by atoms with Gasteiger partial charge < -0.3 is 29.0 Å². The first kappa shape index (κ1) is 47.9. The van der Waals surface area contributed by atoms with Crippen LogP contribution < -0.4 is 24.0 Å². The molecule has 4 aliphatic heterocycles. The maximum absolute atomic E-state index is 14.5. The van der Waals surface area contributed by atoms with Gasteiger partial charge in [-0.3, -0.25) is 24.7 Å². The number of nitro benzene ring substituents is 1. The standard InChI is InChI=1S/C52H61ClN8O8S/c1-52(2)18-12-37(44(33-52)35-4-6-38(53)7-5-35)34-57-23-25-59(26-24-57)40-8-10-43(45(31-40)60-20-3-27-68-51-47(60)30-36-13-19-54-49(36)55-51)50(62)56-70(65,66)42-9-11-48(46(32-42)61(63)64)69-41-14-21-58(22-15-41)39-16-28-67-29-17-39/h4-11,13,19,30-32,39,41H,3,12,14-18,20-29,33-34H2,1-2H3,(H,54,55)(H,56,62). The second-order valence-electron chi connectivity index (χ2n) is 20.0. The van der Waals surface area contributed by atoms with E-state index < -0.39 is 31.4 Å². The van der Waals surface area contributed by atoms with E-state index in [0.717, 1.165) is 113 Å². The van der Waals surface area contributed by atoms with E-state index in [1.807, 2.05) is 41.3 Å². The van der Waals surface area contributed by atoms with Gasteiger partial charge in [-0.1, -0.05) is 43.2 Å². The molecule has 2 aromatic heterocycles. The number of aromatic amines is 1. The maximum Gasteiger partial charge on any atom is 0.312 e. The molecular weight excluding hydrogens is 932 g/mol. The number of benzene rings is 3. The number of allylic oxidation sites excluding steroid dienone is 1. The Morgan fingerprint density at radius 2 is 1.70 bits per heavy atom. The Morgan fingerprint density at radius 1 is 0.929 bits per heavy atom. The summed E-state index contributed by atoms with van der Waals surface area (Å²) in [5.41, 5.74) is 6.64. The van der Waals surface area contributed by atoms with E-state index in [1.165, 1.54) is 28.8 Å². The largest absolute Gasteiger partial charge is 0.483 e. The predicted octanol–water partition coefficient (Wildman–Crippen LogP) is 8.97. The molecule has 10 rings (SSSR count). The van der Waals surface area contributed by atoms with Crippen molar-refractivity contribution in [2.75, 3.05) is 82.0 Å². The van der Waals surface area contributed by atoms with E-state index in [1.54, 1.807) is 12.3 Å². The number of sulfonamides is 1. The van der Waals surface area contributed by atoms with Crippen LogP contribution in [0.4, 0.5) is 22.7 Å². The molecule has 3 saturated heterocycles. The Hall–Kier alpha value is -5.72. The molecule has 6 heterocycles. The molecule has 0 unspecified atom stereocenters. The molecule has 2 N–H and O–H groups in total. The van der Waals surface area contributed by atoms with Crippen LogP contribution in [0.5, 0.6) is 11.6 Å². The quantitative estimate of drug-likeness (QED) is 0.0896. The summed E-state index contributed by atoms with van der Waals surface area (Å²) in [6.07, 6.45) is 8.68. The summed E-state index contributed by atoms with van der Waals surface area (Å²) in [7, 11) is -4.61. The molecule has 5 aromatic rings. The van der Waals surface area contributed by atoms with Gasteiger partial charge in [0.2, 0.25) is 5.88 Å². The first-order valence-electron chi connectivity index (χ1n) is 24.6. The van der Waals surface area contributed by atoms with Gasteiger partial charge in [-0.05, 0) is 123 Å². The lowest BCUT2D eigenvalue weighted by molar-refractivity contribution is -0.386. The molecule has 0 bridgehead atoms. The Labute approximate surface area is 414 Å². The number of anilines is 3. The van der Waals surface area contributed by atoms with E-state index in [-0.39, 0.29) is 22.8 Å². The fourth-order valence-corrected chi connectivity index (χ4v) is 11.9. The lowest BCUT2D eigenvalue weighted by atomic mass is 9.72. The normalized spacial score (nSPS) is 19.9. The number of nitrogens with zero attached hydrogens (tertiary/aromatic N) is 6. The summed E-state index contributed by atoms with van der Waals surface area (Å²) in [5.74, 6) is -0.500. The molecular formula is C52H61ClN8O8S. The molecule has 3 aromatic carbocycles. The first-order chi connectivity index (χ1) is 33.8. The van der Waals surface area contributed by atoms with Crippen LogP contribution in [-0.2, 0) is 14.8 Å². The summed E-state index contributed by atoms with van der Waals surface area (Å²) in [4.78, 5) is 43.0. The molecule has 0 saturated carbocycles. The van der Waals surface area contributed by atoms with Gasteiger partial charge in [0.05, 0.1) is 27.7 Å². The third-order valence-electron chi connectivity index (χ3n) is 14.7. The number of H-pyrrole nitrogens is 1. The van der Waals surface area contributed by atoms with Crippen molar-refractivity contribution < 1.29 is 32.3 Å². The fourth-order valence-electron chi connectivity index (χ4n) is 10.8. The third kappa shape index (κ3) is 10.5. The summed E-state index contributed by atoms with van der Waals surface area (Å²) < 4.78 is 48.3. The van der Waals surface area contributed by atoms with E-state index in [9.17, 15) is 23.3 Å². The van der Waals surface area contributed by atoms with Crippen LogP contribution in [0.2, 0.25) is 5.02 Å². The van der Waals surface area contributed by atoms with Crippen LogP contribution in [0.1, 0.15) is 81.1 Å². The zero-order chi connectivity index (χ0) is 48.6. The van der Waals surface area contributed by atoms with Crippen molar-refractivity contribution in [3.8, 4) is 11.6 Å². The van der Waals surface area contributed by atoms with Gasteiger partial charge in [-0.15, -0.1) is 0 Å². The fraction of sp³-hybridized carbons (Fsp3) is 0.462. The van der Waals surface area contributed by atoms with Crippen LogP contribution in [-0.4, -0.2) is 123 Å². The lowest BCUT2D eigenvalue weighted by Gasteiger charge is -2.39. The van der Waals surface area contributed by atoms with Gasteiger partial charge in [0.15, 0.2) is 5.75 Å². The van der Waals surface area contributed by atoms with Gasteiger partial charge in [0, 0.05) is 100.0 Å². The van der Waals surface area contributed by atoms with Crippen LogP contribution in [0.25, 0.3) is 16.6 Å². The van der Waals surface area contributed by atoms with E-state index in [2.05, 4.69) is 50.4 Å². The number of ether oxygens (including phenoxy) is 3. The van der Waals surface area contributed by atoms with Crippen molar-refractivity contribution in [1.82, 2.24) is 24.5 Å². The average Bonchev–Trinajstić information content (AvgIpc) is 3.72. The molecule has 1 amide bonds. The number of pyridine rings is 1. The predicted molar refractivity (Wildman–Crippen MR) is 271 cm³/mol. The third-order valence-corrected chi connectivity index (χ3v) is 16.3. The van der Waals surface area contributed by atoms with Crippen LogP contribution in [0, 0.1) is 15.5 Å². The van der Waals surface area contributed by atoms with Crippen molar-refractivity contribution in [2.24, 2.45) is 5.41 Å². The Balaban J connectivity index is 0.893. The Bertz CT molecular complexity index is 2890. The summed E-state index contributed by atoms with van der Waals surface area (Å²) in [6.45, 7) is 12.7. The second kappa shape index (κ2) is 20.2. The van der Waals surface area contributed by atoms with Crippen LogP contribution >= 0.6 is 11.6 Å². The topological polar surface area (TPSA) is 176 Å². The first-order valence-corrected chi connectivity index (χ1v) is 26.4. The van der Waals surface area contributed by atoms with Crippen molar-refractivity contribution >= 4 is 66.9 Å². The Morgan fingerprint density at radius 3 is 2.46 bits per heavy atom. The van der Waals surface area contributed by atoms with Crippen molar-refractivity contribution in [3.63, 3.8) is 0 Å². The number of hydrogen-bond acceptors (Lipinski definition) is 13. The molecule has 0 radical (unpaired) electrons.